The fourth-order valence-corrected chi connectivity index (χ4v) is 2.46. The van der Waals surface area contributed by atoms with Gasteiger partial charge in [-0.05, 0) is 37.1 Å². The maximum Gasteiger partial charge on any atom is 0.433 e. The zero-order valence-corrected chi connectivity index (χ0v) is 12.0. The molecule has 6 heteroatoms. The second-order valence-corrected chi connectivity index (χ2v) is 4.97. The molecule has 0 saturated heterocycles. The average molecular weight is 333 g/mol. The highest BCUT2D eigenvalue weighted by molar-refractivity contribution is 9.08. The van der Waals surface area contributed by atoms with Gasteiger partial charge in [-0.2, -0.15) is 18.3 Å². The number of nitrogens with zero attached hydrogens (tertiary/aromatic N) is 2. The van der Waals surface area contributed by atoms with Gasteiger partial charge in [0.05, 0.1) is 11.9 Å². The molecule has 0 aliphatic rings. The molecule has 0 atom stereocenters. The maximum atomic E-state index is 13.1. The van der Waals surface area contributed by atoms with Crippen LogP contribution in [0.5, 0.6) is 0 Å². The van der Waals surface area contributed by atoms with Gasteiger partial charge in [0.2, 0.25) is 0 Å². The number of hydrogen-bond donors (Lipinski definition) is 0. The molecule has 0 fully saturated rings. The zero-order chi connectivity index (χ0) is 14.2. The van der Waals surface area contributed by atoms with Crippen molar-refractivity contribution >= 4 is 15.9 Å². The summed E-state index contributed by atoms with van der Waals surface area (Å²) in [7, 11) is 0. The lowest BCUT2D eigenvalue weighted by Crippen LogP contribution is -2.15. The SMILES string of the molecule is Cc1cc(C)cc(-n2ncc(CBr)c2C(F)(F)F)c1. The van der Waals surface area contributed by atoms with E-state index in [2.05, 4.69) is 21.0 Å². The van der Waals surface area contributed by atoms with Gasteiger partial charge in [0.25, 0.3) is 0 Å². The van der Waals surface area contributed by atoms with Crippen molar-refractivity contribution in [2.24, 2.45) is 0 Å². The van der Waals surface area contributed by atoms with Crippen LogP contribution in [0.25, 0.3) is 5.69 Å². The summed E-state index contributed by atoms with van der Waals surface area (Å²) < 4.78 is 40.4. The van der Waals surface area contributed by atoms with Crippen LogP contribution >= 0.6 is 15.9 Å². The summed E-state index contributed by atoms with van der Waals surface area (Å²) in [5.74, 6) is 0. The largest absolute Gasteiger partial charge is 0.433 e. The van der Waals surface area contributed by atoms with Gasteiger partial charge in [0, 0.05) is 10.9 Å². The van der Waals surface area contributed by atoms with E-state index in [0.29, 0.717) is 5.69 Å². The number of rotatable bonds is 2. The predicted molar refractivity (Wildman–Crippen MR) is 70.7 cm³/mol. The van der Waals surface area contributed by atoms with Gasteiger partial charge in [-0.15, -0.1) is 0 Å². The van der Waals surface area contributed by atoms with Crippen LogP contribution in [-0.2, 0) is 11.5 Å². The second kappa shape index (κ2) is 5.00. The van der Waals surface area contributed by atoms with Crippen LogP contribution in [0, 0.1) is 13.8 Å². The summed E-state index contributed by atoms with van der Waals surface area (Å²) in [6, 6.07) is 5.28. The van der Waals surface area contributed by atoms with Crippen molar-refractivity contribution in [2.75, 3.05) is 0 Å². The van der Waals surface area contributed by atoms with Crippen molar-refractivity contribution in [3.8, 4) is 5.69 Å². The van der Waals surface area contributed by atoms with Gasteiger partial charge >= 0.3 is 6.18 Å². The highest BCUT2D eigenvalue weighted by atomic mass is 79.9. The first-order valence-electron chi connectivity index (χ1n) is 5.61. The molecule has 0 unspecified atom stereocenters. The number of benzene rings is 1. The fourth-order valence-electron chi connectivity index (χ4n) is 2.05. The quantitative estimate of drug-likeness (QED) is 0.745. The minimum atomic E-state index is -4.43. The molecule has 0 bridgehead atoms. The summed E-state index contributed by atoms with van der Waals surface area (Å²) >= 11 is 3.06. The van der Waals surface area contributed by atoms with Crippen molar-refractivity contribution in [3.63, 3.8) is 0 Å². The molecule has 19 heavy (non-hydrogen) atoms. The fraction of sp³-hybridized carbons (Fsp3) is 0.308. The van der Waals surface area contributed by atoms with Crippen molar-refractivity contribution < 1.29 is 13.2 Å². The molecule has 2 nitrogen and oxygen atoms in total. The van der Waals surface area contributed by atoms with E-state index < -0.39 is 11.9 Å². The topological polar surface area (TPSA) is 17.8 Å². The van der Waals surface area contributed by atoms with Crippen LogP contribution in [-0.4, -0.2) is 9.78 Å². The van der Waals surface area contributed by atoms with E-state index in [1.165, 1.54) is 6.20 Å². The highest BCUT2D eigenvalue weighted by Gasteiger charge is 2.38. The van der Waals surface area contributed by atoms with Crippen LogP contribution in [0.3, 0.4) is 0 Å². The van der Waals surface area contributed by atoms with Crippen LogP contribution < -0.4 is 0 Å². The molecule has 0 aliphatic carbocycles. The summed E-state index contributed by atoms with van der Waals surface area (Å²) in [5, 5.41) is 3.99. The molecule has 0 amide bonds. The van der Waals surface area contributed by atoms with Crippen LogP contribution in [0.4, 0.5) is 13.2 Å². The molecule has 0 saturated carbocycles. The number of aryl methyl sites for hydroxylation is 2. The molecule has 1 aromatic heterocycles. The van der Waals surface area contributed by atoms with E-state index in [9.17, 15) is 13.2 Å². The Bertz CT molecular complexity index is 582. The average Bonchev–Trinajstić information content (AvgIpc) is 2.70. The van der Waals surface area contributed by atoms with E-state index in [1.807, 2.05) is 19.9 Å². The molecule has 1 aromatic carbocycles. The summed E-state index contributed by atoms with van der Waals surface area (Å²) in [6.45, 7) is 3.69. The Morgan fingerprint density at radius 3 is 2.21 bits per heavy atom. The van der Waals surface area contributed by atoms with Gasteiger partial charge in [-0.25, -0.2) is 4.68 Å². The van der Waals surface area contributed by atoms with Crippen molar-refractivity contribution in [1.29, 1.82) is 0 Å². The Balaban J connectivity index is 2.66. The minimum absolute atomic E-state index is 0.118. The zero-order valence-electron chi connectivity index (χ0n) is 10.4. The predicted octanol–water partition coefficient (Wildman–Crippen LogP) is 4.40. The van der Waals surface area contributed by atoms with Gasteiger partial charge in [0.15, 0.2) is 5.69 Å². The molecule has 2 aromatic rings. The summed E-state index contributed by atoms with van der Waals surface area (Å²) in [5.41, 5.74) is 1.64. The number of hydrogen-bond acceptors (Lipinski definition) is 1. The molecule has 0 radical (unpaired) electrons. The highest BCUT2D eigenvalue weighted by Crippen LogP contribution is 2.34. The molecule has 0 spiro atoms. The van der Waals surface area contributed by atoms with Crippen LogP contribution in [0.2, 0.25) is 0 Å². The van der Waals surface area contributed by atoms with Crippen molar-refractivity contribution in [2.45, 2.75) is 25.4 Å². The van der Waals surface area contributed by atoms with Crippen LogP contribution in [0.15, 0.2) is 24.4 Å². The normalized spacial score (nSPS) is 11.9. The van der Waals surface area contributed by atoms with Gasteiger partial charge < -0.3 is 0 Å². The van der Waals surface area contributed by atoms with Gasteiger partial charge in [0.1, 0.15) is 0 Å². The Morgan fingerprint density at radius 2 is 1.74 bits per heavy atom. The van der Waals surface area contributed by atoms with E-state index >= 15 is 0 Å². The molecule has 102 valence electrons. The van der Waals surface area contributed by atoms with Crippen molar-refractivity contribution in [1.82, 2.24) is 9.78 Å². The van der Waals surface area contributed by atoms with Crippen molar-refractivity contribution in [3.05, 3.63) is 46.8 Å². The molecule has 2 rings (SSSR count). The smallest absolute Gasteiger partial charge is 0.228 e. The minimum Gasteiger partial charge on any atom is -0.228 e. The second-order valence-electron chi connectivity index (χ2n) is 4.41. The van der Waals surface area contributed by atoms with E-state index in [0.717, 1.165) is 15.8 Å². The molecule has 0 N–H and O–H groups in total. The number of aromatic nitrogens is 2. The Labute approximate surface area is 117 Å². The van der Waals surface area contributed by atoms with Gasteiger partial charge in [-0.3, -0.25) is 0 Å². The van der Waals surface area contributed by atoms with E-state index in [1.54, 1.807) is 12.1 Å². The van der Waals surface area contributed by atoms with E-state index in [-0.39, 0.29) is 10.9 Å². The first kappa shape index (κ1) is 14.1. The first-order chi connectivity index (χ1) is 8.82. The van der Waals surface area contributed by atoms with E-state index in [4.69, 9.17) is 0 Å². The lowest BCUT2D eigenvalue weighted by Gasteiger charge is -2.13. The molecular weight excluding hydrogens is 321 g/mol. The Morgan fingerprint density at radius 1 is 1.16 bits per heavy atom. The third-order valence-electron chi connectivity index (χ3n) is 2.71. The summed E-state index contributed by atoms with van der Waals surface area (Å²) in [6.07, 6.45) is -3.19. The number of alkyl halides is 4. The first-order valence-corrected chi connectivity index (χ1v) is 6.74. The lowest BCUT2D eigenvalue weighted by molar-refractivity contribution is -0.143. The molecule has 0 aliphatic heterocycles. The maximum absolute atomic E-state index is 13.1. The molecular formula is C13H12BrF3N2. The lowest BCUT2D eigenvalue weighted by atomic mass is 10.1. The Hall–Kier alpha value is -1.30. The number of halogens is 4. The standard InChI is InChI=1S/C13H12BrF3N2/c1-8-3-9(2)5-11(4-8)19-12(13(15,16)17)10(6-14)7-18-19/h3-5,7H,6H2,1-2H3. The van der Waals surface area contributed by atoms with Gasteiger partial charge in [-0.1, -0.05) is 22.0 Å². The Kier molecular flexibility index (Phi) is 3.71. The summed E-state index contributed by atoms with van der Waals surface area (Å²) in [4.78, 5) is 0. The third kappa shape index (κ3) is 2.83. The van der Waals surface area contributed by atoms with Crippen LogP contribution in [0.1, 0.15) is 22.4 Å². The third-order valence-corrected chi connectivity index (χ3v) is 3.31. The monoisotopic (exact) mass is 332 g/mol. The molecule has 1 heterocycles.